The molecule has 121 valence electrons. The standard InChI is InChI=1S/C21H14N2O2.2Na/c24-21(25)15-11-9-14(10-12-15)13-22-23-20-18-7-3-1-5-16(18)17-6-2-4-8-19(17)20;;/h1-13H,(H,24,25);;/q;;+1/p-1/b22-13+;;. The van der Waals surface area contributed by atoms with Crippen LogP contribution in [0.3, 0.4) is 0 Å². The monoisotopic (exact) mass is 371 g/mol. The number of nitrogens with zero attached hydrogens (tertiary/aromatic N) is 2. The van der Waals surface area contributed by atoms with E-state index in [9.17, 15) is 9.90 Å². The van der Waals surface area contributed by atoms with Gasteiger partial charge in [-0.05, 0) is 22.3 Å². The molecule has 0 aromatic heterocycles. The Balaban J connectivity index is 0.00000131. The molecular weight excluding hydrogens is 358 g/mol. The van der Waals surface area contributed by atoms with Crippen LogP contribution in [-0.4, -0.2) is 47.5 Å². The number of carboxylic acids is 1. The summed E-state index contributed by atoms with van der Waals surface area (Å²) in [7, 11) is 0. The summed E-state index contributed by atoms with van der Waals surface area (Å²) in [6.07, 6.45) is 1.61. The van der Waals surface area contributed by atoms with Crippen molar-refractivity contribution in [3.63, 3.8) is 0 Å². The van der Waals surface area contributed by atoms with Crippen LogP contribution in [0.25, 0.3) is 11.1 Å². The van der Waals surface area contributed by atoms with Crippen molar-refractivity contribution in [1.29, 1.82) is 0 Å². The van der Waals surface area contributed by atoms with Gasteiger partial charge in [0, 0.05) is 40.7 Å². The molecule has 1 aliphatic carbocycles. The van der Waals surface area contributed by atoms with E-state index >= 15 is 0 Å². The summed E-state index contributed by atoms with van der Waals surface area (Å²) in [5, 5.41) is 19.4. The van der Waals surface area contributed by atoms with E-state index in [4.69, 9.17) is 0 Å². The van der Waals surface area contributed by atoms with Gasteiger partial charge in [-0.1, -0.05) is 72.8 Å². The number of carboxylic acid groups (broad SMARTS) is 1. The summed E-state index contributed by atoms with van der Waals surface area (Å²) < 4.78 is 0. The van der Waals surface area contributed by atoms with E-state index in [1.807, 2.05) is 36.4 Å². The second-order valence-corrected chi connectivity index (χ2v) is 5.69. The van der Waals surface area contributed by atoms with E-state index in [-0.39, 0.29) is 64.7 Å². The average Bonchev–Trinajstić information content (AvgIpc) is 2.97. The van der Waals surface area contributed by atoms with Crippen LogP contribution >= 0.6 is 0 Å². The summed E-state index contributed by atoms with van der Waals surface area (Å²) in [5.41, 5.74) is 6.20. The minimum absolute atomic E-state index is 0. The molecule has 1 radical (unpaired) electrons. The molecule has 0 spiro atoms. The predicted molar refractivity (Wildman–Crippen MR) is 102 cm³/mol. The molecule has 3 aromatic carbocycles. The number of fused-ring (bicyclic) bond motifs is 3. The van der Waals surface area contributed by atoms with Gasteiger partial charge >= 0.3 is 29.6 Å². The fraction of sp³-hybridized carbons (Fsp3) is 0. The molecule has 27 heavy (non-hydrogen) atoms. The van der Waals surface area contributed by atoms with Gasteiger partial charge in [-0.2, -0.15) is 5.10 Å². The Kier molecular flexibility index (Phi) is 7.74. The summed E-state index contributed by atoms with van der Waals surface area (Å²) >= 11 is 0. The number of hydrogen-bond donors (Lipinski definition) is 0. The van der Waals surface area contributed by atoms with E-state index in [1.54, 1.807) is 18.3 Å². The largest absolute Gasteiger partial charge is 1.00 e. The van der Waals surface area contributed by atoms with Gasteiger partial charge in [-0.25, -0.2) is 0 Å². The van der Waals surface area contributed by atoms with E-state index in [0.717, 1.165) is 33.5 Å². The Morgan fingerprint density at radius 2 is 1.26 bits per heavy atom. The number of carbonyl (C=O) groups is 1. The Labute approximate surface area is 201 Å². The number of hydrogen-bond acceptors (Lipinski definition) is 4. The first-order valence-electron chi connectivity index (χ1n) is 7.85. The van der Waals surface area contributed by atoms with Crippen molar-refractivity contribution in [3.05, 3.63) is 95.1 Å². The second kappa shape index (κ2) is 9.60. The smallest absolute Gasteiger partial charge is 0.545 e. The van der Waals surface area contributed by atoms with Crippen molar-refractivity contribution in [2.75, 3.05) is 0 Å². The second-order valence-electron chi connectivity index (χ2n) is 5.69. The molecule has 0 bridgehead atoms. The third-order valence-electron chi connectivity index (χ3n) is 4.17. The molecule has 0 heterocycles. The molecule has 6 heteroatoms. The molecule has 0 saturated carbocycles. The van der Waals surface area contributed by atoms with Gasteiger partial charge in [-0.3, -0.25) is 0 Å². The Hall–Kier alpha value is -1.53. The zero-order valence-corrected chi connectivity index (χ0v) is 19.2. The number of rotatable bonds is 3. The number of benzene rings is 3. The quantitative estimate of drug-likeness (QED) is 0.278. The van der Waals surface area contributed by atoms with Crippen LogP contribution in [0.1, 0.15) is 27.0 Å². The molecule has 0 fully saturated rings. The van der Waals surface area contributed by atoms with Crippen molar-refractivity contribution >= 4 is 47.5 Å². The molecule has 0 saturated heterocycles. The van der Waals surface area contributed by atoms with Crippen molar-refractivity contribution in [2.45, 2.75) is 0 Å². The average molecular weight is 371 g/mol. The van der Waals surface area contributed by atoms with Gasteiger partial charge in [0.2, 0.25) is 0 Å². The number of aromatic carboxylic acids is 1. The molecule has 3 aromatic rings. The molecule has 0 N–H and O–H groups in total. The van der Waals surface area contributed by atoms with Crippen LogP contribution in [0.15, 0.2) is 83.0 Å². The maximum atomic E-state index is 10.8. The maximum absolute atomic E-state index is 10.8. The predicted octanol–water partition coefficient (Wildman–Crippen LogP) is -0.475. The van der Waals surface area contributed by atoms with Gasteiger partial charge in [0.25, 0.3) is 0 Å². The zero-order valence-electron chi connectivity index (χ0n) is 15.2. The summed E-state index contributed by atoms with van der Waals surface area (Å²) in [5.74, 6) is -1.19. The molecule has 0 amide bonds. The molecule has 0 atom stereocenters. The van der Waals surface area contributed by atoms with Crippen LogP contribution in [0.2, 0.25) is 0 Å². The Morgan fingerprint density at radius 3 is 1.74 bits per heavy atom. The van der Waals surface area contributed by atoms with Crippen molar-refractivity contribution < 1.29 is 39.5 Å². The van der Waals surface area contributed by atoms with E-state index in [2.05, 4.69) is 22.3 Å². The van der Waals surface area contributed by atoms with Crippen molar-refractivity contribution in [1.82, 2.24) is 0 Å². The van der Waals surface area contributed by atoms with Crippen LogP contribution in [0.4, 0.5) is 0 Å². The van der Waals surface area contributed by atoms with Crippen LogP contribution < -0.4 is 34.7 Å². The zero-order chi connectivity index (χ0) is 17.2. The first-order chi connectivity index (χ1) is 12.2. The van der Waals surface area contributed by atoms with Crippen molar-refractivity contribution in [2.24, 2.45) is 10.2 Å². The fourth-order valence-corrected chi connectivity index (χ4v) is 2.96. The summed E-state index contributed by atoms with van der Waals surface area (Å²) in [6, 6.07) is 22.6. The third kappa shape index (κ3) is 4.49. The summed E-state index contributed by atoms with van der Waals surface area (Å²) in [4.78, 5) is 10.8. The first kappa shape index (κ1) is 21.8. The minimum Gasteiger partial charge on any atom is -0.545 e. The molecule has 4 nitrogen and oxygen atoms in total. The van der Waals surface area contributed by atoms with Crippen LogP contribution in [0, 0.1) is 0 Å². The normalized spacial score (nSPS) is 11.2. The minimum atomic E-state index is -1.19. The molecule has 0 aliphatic heterocycles. The Bertz CT molecular complexity index is 981. The van der Waals surface area contributed by atoms with E-state index < -0.39 is 5.97 Å². The van der Waals surface area contributed by atoms with Gasteiger partial charge in [0.05, 0.1) is 12.2 Å². The molecule has 1 aliphatic rings. The Morgan fingerprint density at radius 1 is 0.778 bits per heavy atom. The van der Waals surface area contributed by atoms with E-state index in [1.165, 1.54) is 12.1 Å². The van der Waals surface area contributed by atoms with Crippen LogP contribution in [0.5, 0.6) is 0 Å². The SMILES string of the molecule is O=C([O-])c1ccc(/C=N/N=C2c3ccccc3-c3ccccc32)cc1.[Na+].[Na]. The van der Waals surface area contributed by atoms with Gasteiger partial charge in [0.15, 0.2) is 0 Å². The first-order valence-corrected chi connectivity index (χ1v) is 7.85. The third-order valence-corrected chi connectivity index (χ3v) is 4.17. The van der Waals surface area contributed by atoms with Crippen LogP contribution in [-0.2, 0) is 0 Å². The topological polar surface area (TPSA) is 64.8 Å². The van der Waals surface area contributed by atoms with Gasteiger partial charge in [-0.15, -0.1) is 5.10 Å². The summed E-state index contributed by atoms with van der Waals surface area (Å²) in [6.45, 7) is 0. The van der Waals surface area contributed by atoms with E-state index in [0.29, 0.717) is 0 Å². The van der Waals surface area contributed by atoms with Gasteiger partial charge < -0.3 is 9.90 Å². The molecule has 0 unspecified atom stereocenters. The molecule has 4 rings (SSSR count). The van der Waals surface area contributed by atoms with Gasteiger partial charge in [0.1, 0.15) is 5.71 Å². The number of carbonyl (C=O) groups excluding carboxylic acids is 1. The maximum Gasteiger partial charge on any atom is 1.00 e. The molecular formula is C21H13N2Na2O2. The fourth-order valence-electron chi connectivity index (χ4n) is 2.96. The van der Waals surface area contributed by atoms with Crippen molar-refractivity contribution in [3.8, 4) is 11.1 Å².